The molecule has 1 aliphatic rings. The third-order valence-electron chi connectivity index (χ3n) is 7.15. The number of benzene rings is 2. The van der Waals surface area contributed by atoms with Gasteiger partial charge in [0.05, 0.1) is 23.8 Å². The number of nitrogens with zero attached hydrogens (tertiary/aromatic N) is 5. The zero-order chi connectivity index (χ0) is 30.4. The fourth-order valence-corrected chi connectivity index (χ4v) is 6.41. The number of anilines is 2. The van der Waals surface area contributed by atoms with Crippen LogP contribution in [0.2, 0.25) is 0 Å². The molecule has 218 valence electrons. The van der Waals surface area contributed by atoms with Crippen molar-refractivity contribution in [2.75, 3.05) is 24.7 Å². The summed E-state index contributed by atoms with van der Waals surface area (Å²) in [5, 5.41) is 0.253. The van der Waals surface area contributed by atoms with Gasteiger partial charge in [0, 0.05) is 35.3 Å². The molecule has 12 heteroatoms. The van der Waals surface area contributed by atoms with Gasteiger partial charge in [0.1, 0.15) is 22.3 Å². The number of nitrogens with two attached hydrogens (primary N) is 1. The molecule has 0 saturated heterocycles. The summed E-state index contributed by atoms with van der Waals surface area (Å²) >= 11 is 1.20. The summed E-state index contributed by atoms with van der Waals surface area (Å²) in [6, 6.07) is 13.7. The van der Waals surface area contributed by atoms with Crippen molar-refractivity contribution in [3.05, 3.63) is 117 Å². The van der Waals surface area contributed by atoms with E-state index in [4.69, 9.17) is 5.73 Å². The molecule has 1 amide bonds. The average molecular weight is 601 g/mol. The highest BCUT2D eigenvalue weighted by molar-refractivity contribution is 7.22. The Balaban J connectivity index is 1.64. The van der Waals surface area contributed by atoms with Gasteiger partial charge in [-0.2, -0.15) is 0 Å². The number of nitrogen functional groups attached to an aromatic ring is 1. The van der Waals surface area contributed by atoms with Crippen molar-refractivity contribution in [2.45, 2.75) is 19.5 Å². The normalized spacial score (nSPS) is 13.1. The van der Waals surface area contributed by atoms with Gasteiger partial charge in [-0.25, -0.2) is 23.1 Å². The number of thiophene rings is 1. The predicted octanol–water partition coefficient (Wildman–Crippen LogP) is 4.50. The lowest BCUT2D eigenvalue weighted by Gasteiger charge is -2.16. The average Bonchev–Trinajstić information content (AvgIpc) is 3.57. The van der Waals surface area contributed by atoms with Crippen molar-refractivity contribution in [1.29, 1.82) is 0 Å². The predicted molar refractivity (Wildman–Crippen MR) is 163 cm³/mol. The number of carbonyl (C=O) groups excluding carboxylic acids is 1. The first kappa shape index (κ1) is 28.2. The van der Waals surface area contributed by atoms with E-state index in [1.807, 2.05) is 31.1 Å². The fraction of sp³-hybridized carbons (Fsp3) is 0.161. The van der Waals surface area contributed by atoms with Gasteiger partial charge < -0.3 is 10.6 Å². The molecule has 3 aromatic heterocycles. The number of rotatable bonds is 7. The van der Waals surface area contributed by atoms with Gasteiger partial charge in [-0.3, -0.25) is 19.1 Å². The van der Waals surface area contributed by atoms with Crippen LogP contribution in [0.15, 0.2) is 82.7 Å². The molecule has 0 saturated carbocycles. The molecule has 2 aromatic carbocycles. The molecule has 9 nitrogen and oxygen atoms in total. The number of carbonyl (C=O) groups is 1. The summed E-state index contributed by atoms with van der Waals surface area (Å²) in [4.78, 5) is 49.1. The summed E-state index contributed by atoms with van der Waals surface area (Å²) in [5.41, 5.74) is 6.39. The highest BCUT2D eigenvalue weighted by Crippen LogP contribution is 2.38. The van der Waals surface area contributed by atoms with Crippen LogP contribution < -0.4 is 21.9 Å². The molecule has 4 heterocycles. The maximum atomic E-state index is 14.9. The minimum absolute atomic E-state index is 0.148. The lowest BCUT2D eigenvalue weighted by Crippen LogP contribution is -2.39. The minimum Gasteiger partial charge on any atom is -0.399 e. The molecule has 2 N–H and O–H groups in total. The first-order chi connectivity index (χ1) is 20.6. The summed E-state index contributed by atoms with van der Waals surface area (Å²) in [6.07, 6.45) is 4.89. The molecule has 5 aromatic rings. The van der Waals surface area contributed by atoms with E-state index in [-0.39, 0.29) is 33.8 Å². The van der Waals surface area contributed by atoms with E-state index in [9.17, 15) is 23.2 Å². The van der Waals surface area contributed by atoms with Crippen LogP contribution in [-0.2, 0) is 17.9 Å². The SMILES string of the molecule is CN(C)Cc1c(-c2ccc(N)cc2)sc2c1c(=O)n(-c1ccc(N3C=CCC3=O)nc1)c(=O)n2Cc1c(F)cccc1F. The zero-order valence-corrected chi connectivity index (χ0v) is 24.1. The Labute approximate surface area is 248 Å². The molecule has 0 atom stereocenters. The zero-order valence-electron chi connectivity index (χ0n) is 23.3. The van der Waals surface area contributed by atoms with Crippen LogP contribution in [0.5, 0.6) is 0 Å². The molecular formula is C31H26F2N6O3S. The third-order valence-corrected chi connectivity index (χ3v) is 8.45. The Morgan fingerprint density at radius 1 is 0.977 bits per heavy atom. The Morgan fingerprint density at radius 2 is 1.70 bits per heavy atom. The third kappa shape index (κ3) is 5.04. The van der Waals surface area contributed by atoms with E-state index < -0.39 is 29.4 Å². The Morgan fingerprint density at radius 3 is 2.30 bits per heavy atom. The van der Waals surface area contributed by atoms with E-state index in [2.05, 4.69) is 4.98 Å². The van der Waals surface area contributed by atoms with Crippen molar-refractivity contribution in [3.63, 3.8) is 0 Å². The van der Waals surface area contributed by atoms with Crippen molar-refractivity contribution >= 4 is 39.0 Å². The lowest BCUT2D eigenvalue weighted by atomic mass is 10.1. The van der Waals surface area contributed by atoms with Gasteiger partial charge in [0.25, 0.3) is 5.56 Å². The maximum absolute atomic E-state index is 14.9. The van der Waals surface area contributed by atoms with Gasteiger partial charge in [-0.05, 0) is 61.6 Å². The minimum atomic E-state index is -0.809. The molecule has 0 bridgehead atoms. The van der Waals surface area contributed by atoms with Crippen LogP contribution >= 0.6 is 11.3 Å². The number of aromatic nitrogens is 3. The standard InChI is InChI=1S/C31H26F2N6O3S/c1-36(2)16-22-27-29(41)39(20-12-13-25(35-15-20)37-14-4-7-26(37)40)31(42)38(17-21-23(32)5-3-6-24(21)33)30(27)43-28(22)18-8-10-19(34)11-9-18/h3-6,8-15H,7,16-17,34H2,1-2H3. The summed E-state index contributed by atoms with van der Waals surface area (Å²) < 4.78 is 31.9. The quantitative estimate of drug-likeness (QED) is 0.276. The molecule has 0 fully saturated rings. The van der Waals surface area contributed by atoms with Crippen LogP contribution in [0, 0.1) is 11.6 Å². The van der Waals surface area contributed by atoms with Gasteiger partial charge >= 0.3 is 5.69 Å². The van der Waals surface area contributed by atoms with Crippen LogP contribution in [0.1, 0.15) is 17.5 Å². The van der Waals surface area contributed by atoms with Gasteiger partial charge in [0.2, 0.25) is 5.91 Å². The highest BCUT2D eigenvalue weighted by Gasteiger charge is 2.26. The number of amides is 1. The van der Waals surface area contributed by atoms with E-state index in [0.29, 0.717) is 23.6 Å². The largest absolute Gasteiger partial charge is 0.399 e. The Bertz CT molecular complexity index is 2010. The van der Waals surface area contributed by atoms with Crippen molar-refractivity contribution in [2.24, 2.45) is 0 Å². The van der Waals surface area contributed by atoms with Crippen molar-refractivity contribution in [3.8, 4) is 16.1 Å². The topological polar surface area (TPSA) is 106 Å². The molecule has 0 aliphatic carbocycles. The van der Waals surface area contributed by atoms with E-state index in [1.54, 1.807) is 24.4 Å². The summed E-state index contributed by atoms with van der Waals surface area (Å²) in [6.45, 7) is -0.0996. The fourth-order valence-electron chi connectivity index (χ4n) is 5.11. The number of hydrogen-bond acceptors (Lipinski definition) is 7. The number of halogens is 2. The van der Waals surface area contributed by atoms with Crippen LogP contribution in [-0.4, -0.2) is 39.0 Å². The molecule has 0 radical (unpaired) electrons. The van der Waals surface area contributed by atoms with Gasteiger partial charge in [-0.1, -0.05) is 24.3 Å². The Kier molecular flexibility index (Phi) is 7.24. The molecule has 0 spiro atoms. The molecular weight excluding hydrogens is 574 g/mol. The molecule has 6 rings (SSSR count). The molecule has 1 aliphatic heterocycles. The van der Waals surface area contributed by atoms with Crippen LogP contribution in [0.25, 0.3) is 26.3 Å². The first-order valence-corrected chi connectivity index (χ1v) is 14.2. The van der Waals surface area contributed by atoms with Gasteiger partial charge in [-0.15, -0.1) is 11.3 Å². The van der Waals surface area contributed by atoms with Crippen LogP contribution in [0.4, 0.5) is 20.3 Å². The maximum Gasteiger partial charge on any atom is 0.337 e. The summed E-state index contributed by atoms with van der Waals surface area (Å²) in [5.74, 6) is -1.44. The second kappa shape index (κ2) is 11.0. The van der Waals surface area contributed by atoms with E-state index >= 15 is 0 Å². The number of hydrogen-bond donors (Lipinski definition) is 1. The summed E-state index contributed by atoms with van der Waals surface area (Å²) in [7, 11) is 3.71. The smallest absolute Gasteiger partial charge is 0.337 e. The molecule has 43 heavy (non-hydrogen) atoms. The second-order valence-electron chi connectivity index (χ2n) is 10.4. The Hall–Kier alpha value is -4.94. The molecule has 0 unspecified atom stereocenters. The van der Waals surface area contributed by atoms with E-state index in [1.165, 1.54) is 45.2 Å². The van der Waals surface area contributed by atoms with E-state index in [0.717, 1.165) is 27.1 Å². The highest BCUT2D eigenvalue weighted by atomic mass is 32.1. The number of pyridine rings is 1. The van der Waals surface area contributed by atoms with Crippen molar-refractivity contribution < 1.29 is 13.6 Å². The van der Waals surface area contributed by atoms with Gasteiger partial charge in [0.15, 0.2) is 0 Å². The lowest BCUT2D eigenvalue weighted by molar-refractivity contribution is -0.116. The second-order valence-corrected chi connectivity index (χ2v) is 11.4. The monoisotopic (exact) mass is 600 g/mol. The number of fused-ring (bicyclic) bond motifs is 1. The first-order valence-electron chi connectivity index (χ1n) is 13.3. The van der Waals surface area contributed by atoms with Crippen molar-refractivity contribution in [1.82, 2.24) is 19.0 Å². The van der Waals surface area contributed by atoms with Crippen LogP contribution in [0.3, 0.4) is 0 Å².